The predicted molar refractivity (Wildman–Crippen MR) is 82.9 cm³/mol. The summed E-state index contributed by atoms with van der Waals surface area (Å²) in [6.45, 7) is 4.15. The van der Waals surface area contributed by atoms with Crippen LogP contribution in [0.15, 0.2) is 35.1 Å². The van der Waals surface area contributed by atoms with Crippen molar-refractivity contribution in [2.45, 2.75) is 25.8 Å². The fourth-order valence-electron chi connectivity index (χ4n) is 3.01. The molecule has 106 valence electrons. The van der Waals surface area contributed by atoms with Gasteiger partial charge < -0.3 is 10.6 Å². The van der Waals surface area contributed by atoms with Crippen molar-refractivity contribution in [3.8, 4) is 0 Å². The fraction of sp³-hybridized carbons (Fsp3) is 0.438. The van der Waals surface area contributed by atoms with E-state index in [1.807, 2.05) is 30.3 Å². The van der Waals surface area contributed by atoms with Crippen molar-refractivity contribution in [1.29, 1.82) is 0 Å². The lowest BCUT2D eigenvalue weighted by atomic mass is 10.1. The molecule has 2 heterocycles. The minimum Gasteiger partial charge on any atom is -0.385 e. The van der Waals surface area contributed by atoms with Crippen LogP contribution in [0.4, 0.5) is 5.82 Å². The minimum absolute atomic E-state index is 0.0296. The zero-order valence-electron chi connectivity index (χ0n) is 11.7. The number of nitrogens with two attached hydrogens (primary N) is 1. The van der Waals surface area contributed by atoms with Gasteiger partial charge in [-0.05, 0) is 56.4 Å². The van der Waals surface area contributed by atoms with E-state index in [2.05, 4.69) is 4.90 Å². The third kappa shape index (κ3) is 2.56. The SMILES string of the molecule is Nc1cc2ccccc2c(=O)n1CCCN1CCCC1. The zero-order valence-corrected chi connectivity index (χ0v) is 11.7. The van der Waals surface area contributed by atoms with Crippen molar-refractivity contribution in [3.63, 3.8) is 0 Å². The molecule has 0 atom stereocenters. The summed E-state index contributed by atoms with van der Waals surface area (Å²) >= 11 is 0. The Morgan fingerprint density at radius 3 is 2.65 bits per heavy atom. The monoisotopic (exact) mass is 271 g/mol. The first-order chi connectivity index (χ1) is 9.75. The number of rotatable bonds is 4. The van der Waals surface area contributed by atoms with Crippen molar-refractivity contribution in [2.24, 2.45) is 0 Å². The maximum Gasteiger partial charge on any atom is 0.259 e. The standard InChI is InChI=1S/C16H21N3O/c17-15-12-13-6-1-2-7-14(13)16(20)19(15)11-5-10-18-8-3-4-9-18/h1-2,6-7,12H,3-5,8-11,17H2. The summed E-state index contributed by atoms with van der Waals surface area (Å²) in [5.74, 6) is 0.565. The number of nitrogens with zero attached hydrogens (tertiary/aromatic N) is 2. The van der Waals surface area contributed by atoms with Crippen LogP contribution in [0.3, 0.4) is 0 Å². The average molecular weight is 271 g/mol. The average Bonchev–Trinajstić information content (AvgIpc) is 2.96. The van der Waals surface area contributed by atoms with Gasteiger partial charge in [-0.25, -0.2) is 0 Å². The van der Waals surface area contributed by atoms with Gasteiger partial charge in [0.1, 0.15) is 5.82 Å². The van der Waals surface area contributed by atoms with Gasteiger partial charge in [0.15, 0.2) is 0 Å². The molecule has 20 heavy (non-hydrogen) atoms. The molecule has 1 aromatic carbocycles. The van der Waals surface area contributed by atoms with Gasteiger partial charge in [-0.2, -0.15) is 0 Å². The molecule has 1 aliphatic rings. The van der Waals surface area contributed by atoms with Crippen LogP contribution in [0, 0.1) is 0 Å². The maximum absolute atomic E-state index is 12.4. The van der Waals surface area contributed by atoms with Crippen LogP contribution >= 0.6 is 0 Å². The lowest BCUT2D eigenvalue weighted by molar-refractivity contribution is 0.325. The van der Waals surface area contributed by atoms with E-state index >= 15 is 0 Å². The highest BCUT2D eigenvalue weighted by Crippen LogP contribution is 2.14. The fourth-order valence-corrected chi connectivity index (χ4v) is 3.01. The molecule has 1 aromatic heterocycles. The number of anilines is 1. The van der Waals surface area contributed by atoms with Gasteiger partial charge in [-0.15, -0.1) is 0 Å². The molecule has 1 fully saturated rings. The number of aromatic nitrogens is 1. The Kier molecular flexibility index (Phi) is 3.74. The van der Waals surface area contributed by atoms with E-state index in [4.69, 9.17) is 5.73 Å². The van der Waals surface area contributed by atoms with Gasteiger partial charge in [0, 0.05) is 11.9 Å². The second-order valence-electron chi connectivity index (χ2n) is 5.52. The summed E-state index contributed by atoms with van der Waals surface area (Å²) in [5.41, 5.74) is 6.06. The Morgan fingerprint density at radius 1 is 1.10 bits per heavy atom. The highest BCUT2D eigenvalue weighted by molar-refractivity contribution is 5.83. The summed E-state index contributed by atoms with van der Waals surface area (Å²) in [6.07, 6.45) is 3.58. The molecule has 4 nitrogen and oxygen atoms in total. The third-order valence-electron chi connectivity index (χ3n) is 4.11. The normalized spacial score (nSPS) is 16.0. The number of fused-ring (bicyclic) bond motifs is 1. The Balaban J connectivity index is 1.78. The van der Waals surface area contributed by atoms with Gasteiger partial charge in [0.25, 0.3) is 5.56 Å². The summed E-state index contributed by atoms with van der Waals surface area (Å²) < 4.78 is 1.71. The highest BCUT2D eigenvalue weighted by atomic mass is 16.1. The Bertz CT molecular complexity index is 656. The highest BCUT2D eigenvalue weighted by Gasteiger charge is 2.11. The van der Waals surface area contributed by atoms with E-state index in [0.717, 1.165) is 23.7 Å². The first kappa shape index (κ1) is 13.2. The molecule has 2 N–H and O–H groups in total. The van der Waals surface area contributed by atoms with Crippen LogP contribution < -0.4 is 11.3 Å². The smallest absolute Gasteiger partial charge is 0.259 e. The molecule has 1 saturated heterocycles. The largest absolute Gasteiger partial charge is 0.385 e. The molecule has 0 saturated carbocycles. The Morgan fingerprint density at radius 2 is 1.85 bits per heavy atom. The van der Waals surface area contributed by atoms with Gasteiger partial charge in [-0.3, -0.25) is 9.36 Å². The molecule has 3 rings (SSSR count). The second-order valence-corrected chi connectivity index (χ2v) is 5.52. The van der Waals surface area contributed by atoms with Gasteiger partial charge in [0.05, 0.1) is 0 Å². The lowest BCUT2D eigenvalue weighted by Crippen LogP contribution is -2.26. The predicted octanol–water partition coefficient (Wildman–Crippen LogP) is 2.07. The Labute approximate surface area is 118 Å². The zero-order chi connectivity index (χ0) is 13.9. The van der Waals surface area contributed by atoms with Crippen LogP contribution in [0.2, 0.25) is 0 Å². The molecule has 0 amide bonds. The number of hydrogen-bond acceptors (Lipinski definition) is 3. The number of nitrogen functional groups attached to an aromatic ring is 1. The van der Waals surface area contributed by atoms with Crippen LogP contribution in [0.5, 0.6) is 0 Å². The summed E-state index contributed by atoms with van der Waals surface area (Å²) in [6, 6.07) is 9.52. The Hall–Kier alpha value is -1.81. The molecule has 4 heteroatoms. The number of pyridine rings is 1. The number of benzene rings is 1. The molecular weight excluding hydrogens is 250 g/mol. The van der Waals surface area contributed by atoms with E-state index in [1.54, 1.807) is 4.57 Å². The summed E-state index contributed by atoms with van der Waals surface area (Å²) in [4.78, 5) is 14.9. The lowest BCUT2D eigenvalue weighted by Gasteiger charge is -2.16. The van der Waals surface area contributed by atoms with Gasteiger partial charge in [0.2, 0.25) is 0 Å². The van der Waals surface area contributed by atoms with E-state index in [-0.39, 0.29) is 5.56 Å². The molecule has 2 aromatic rings. The third-order valence-corrected chi connectivity index (χ3v) is 4.11. The van der Waals surface area contributed by atoms with E-state index in [9.17, 15) is 4.79 Å². The first-order valence-electron chi connectivity index (χ1n) is 7.36. The summed E-state index contributed by atoms with van der Waals surface area (Å²) in [7, 11) is 0. The second kappa shape index (κ2) is 5.67. The van der Waals surface area contributed by atoms with Crippen molar-refractivity contribution in [3.05, 3.63) is 40.7 Å². The van der Waals surface area contributed by atoms with Crippen LogP contribution in [-0.2, 0) is 6.54 Å². The van der Waals surface area contributed by atoms with Gasteiger partial charge >= 0.3 is 0 Å². The topological polar surface area (TPSA) is 51.3 Å². The molecule has 0 radical (unpaired) electrons. The molecule has 0 unspecified atom stereocenters. The van der Waals surface area contributed by atoms with E-state index in [1.165, 1.54) is 25.9 Å². The summed E-state index contributed by atoms with van der Waals surface area (Å²) in [5, 5.41) is 1.67. The minimum atomic E-state index is 0.0296. The van der Waals surface area contributed by atoms with Crippen molar-refractivity contribution in [2.75, 3.05) is 25.4 Å². The molecule has 1 aliphatic heterocycles. The van der Waals surface area contributed by atoms with Crippen LogP contribution in [-0.4, -0.2) is 29.1 Å². The quantitative estimate of drug-likeness (QED) is 0.926. The number of likely N-dealkylation sites (tertiary alicyclic amines) is 1. The molecule has 0 spiro atoms. The van der Waals surface area contributed by atoms with Crippen LogP contribution in [0.25, 0.3) is 10.8 Å². The molecular formula is C16H21N3O. The van der Waals surface area contributed by atoms with E-state index in [0.29, 0.717) is 12.4 Å². The first-order valence-corrected chi connectivity index (χ1v) is 7.36. The molecule has 0 bridgehead atoms. The molecule has 0 aliphatic carbocycles. The van der Waals surface area contributed by atoms with E-state index < -0.39 is 0 Å². The van der Waals surface area contributed by atoms with Crippen LogP contribution in [0.1, 0.15) is 19.3 Å². The maximum atomic E-state index is 12.4. The van der Waals surface area contributed by atoms with Crippen molar-refractivity contribution < 1.29 is 0 Å². The van der Waals surface area contributed by atoms with Crippen molar-refractivity contribution in [1.82, 2.24) is 9.47 Å². The van der Waals surface area contributed by atoms with Gasteiger partial charge in [-0.1, -0.05) is 18.2 Å². The van der Waals surface area contributed by atoms with Crippen molar-refractivity contribution >= 4 is 16.6 Å². The number of hydrogen-bond donors (Lipinski definition) is 1.